The van der Waals surface area contributed by atoms with E-state index in [1.807, 2.05) is 4.90 Å². The van der Waals surface area contributed by atoms with E-state index >= 15 is 0 Å². The summed E-state index contributed by atoms with van der Waals surface area (Å²) in [7, 11) is 1.79. The normalized spacial score (nSPS) is 21.3. The summed E-state index contributed by atoms with van der Waals surface area (Å²) in [5.41, 5.74) is 0.503. The number of hydrogen-bond acceptors (Lipinski definition) is 4. The maximum absolute atomic E-state index is 13.0. The SMILES string of the molecule is Cn1nccc1C(=O)N1CCC2(CC1)CC(CCOc1ccc(F)cc1)CCO2. The highest BCUT2D eigenvalue weighted by molar-refractivity contribution is 5.92. The molecule has 1 spiro atoms. The van der Waals surface area contributed by atoms with Gasteiger partial charge in [-0.2, -0.15) is 5.10 Å². The molecule has 7 heteroatoms. The topological polar surface area (TPSA) is 56.6 Å². The zero-order chi connectivity index (χ0) is 20.3. The number of nitrogens with zero attached hydrogens (tertiary/aromatic N) is 3. The quantitative estimate of drug-likeness (QED) is 0.770. The number of piperidine rings is 1. The molecule has 1 aromatic heterocycles. The molecule has 0 aliphatic carbocycles. The number of aromatic nitrogens is 2. The Balaban J connectivity index is 1.26. The van der Waals surface area contributed by atoms with Crippen LogP contribution in [0.25, 0.3) is 0 Å². The van der Waals surface area contributed by atoms with Crippen molar-refractivity contribution in [3.05, 3.63) is 48.0 Å². The van der Waals surface area contributed by atoms with Crippen LogP contribution in [0, 0.1) is 11.7 Å². The second-order valence-electron chi connectivity index (χ2n) is 8.11. The molecule has 4 rings (SSSR count). The molecule has 0 radical (unpaired) electrons. The Morgan fingerprint density at radius 1 is 1.28 bits per heavy atom. The number of amides is 1. The van der Waals surface area contributed by atoms with Crippen molar-refractivity contribution < 1.29 is 18.7 Å². The number of ether oxygens (including phenoxy) is 2. The Bertz CT molecular complexity index is 828. The molecule has 2 aliphatic rings. The number of carbonyl (C=O) groups is 1. The molecule has 6 nitrogen and oxygen atoms in total. The van der Waals surface area contributed by atoms with Crippen molar-refractivity contribution in [1.82, 2.24) is 14.7 Å². The fourth-order valence-electron chi connectivity index (χ4n) is 4.46. The number of halogens is 1. The summed E-state index contributed by atoms with van der Waals surface area (Å²) in [5, 5.41) is 4.09. The maximum atomic E-state index is 13.0. The van der Waals surface area contributed by atoms with E-state index in [1.54, 1.807) is 36.1 Å². The van der Waals surface area contributed by atoms with Crippen molar-refractivity contribution in [3.63, 3.8) is 0 Å². The lowest BCUT2D eigenvalue weighted by atomic mass is 9.78. The Labute approximate surface area is 170 Å². The first-order chi connectivity index (χ1) is 14.0. The summed E-state index contributed by atoms with van der Waals surface area (Å²) in [6.07, 6.45) is 6.39. The summed E-state index contributed by atoms with van der Waals surface area (Å²) in [5.74, 6) is 1.04. The van der Waals surface area contributed by atoms with E-state index in [0.29, 0.717) is 37.1 Å². The highest BCUT2D eigenvalue weighted by atomic mass is 19.1. The van der Waals surface area contributed by atoms with Crippen LogP contribution in [0.2, 0.25) is 0 Å². The van der Waals surface area contributed by atoms with Crippen LogP contribution in [0.3, 0.4) is 0 Å². The second-order valence-corrected chi connectivity index (χ2v) is 8.11. The lowest BCUT2D eigenvalue weighted by Crippen LogP contribution is -2.51. The highest BCUT2D eigenvalue weighted by Crippen LogP contribution is 2.39. The van der Waals surface area contributed by atoms with E-state index < -0.39 is 0 Å². The number of aryl methyl sites for hydroxylation is 1. The molecule has 0 bridgehead atoms. The molecule has 2 fully saturated rings. The van der Waals surface area contributed by atoms with Crippen molar-refractivity contribution in [2.45, 2.75) is 37.7 Å². The van der Waals surface area contributed by atoms with Gasteiger partial charge in [0, 0.05) is 32.9 Å². The maximum Gasteiger partial charge on any atom is 0.272 e. The van der Waals surface area contributed by atoms with Gasteiger partial charge in [-0.05, 0) is 68.4 Å². The zero-order valence-corrected chi connectivity index (χ0v) is 16.8. The van der Waals surface area contributed by atoms with Crippen molar-refractivity contribution in [2.75, 3.05) is 26.3 Å². The van der Waals surface area contributed by atoms with Crippen molar-refractivity contribution >= 4 is 5.91 Å². The molecule has 29 heavy (non-hydrogen) atoms. The minimum Gasteiger partial charge on any atom is -0.494 e. The molecule has 1 unspecified atom stereocenters. The Kier molecular flexibility index (Phi) is 5.85. The molecule has 1 atom stereocenters. The van der Waals surface area contributed by atoms with Crippen LogP contribution in [-0.4, -0.2) is 52.5 Å². The average Bonchev–Trinajstić information content (AvgIpc) is 3.16. The average molecular weight is 401 g/mol. The Morgan fingerprint density at radius 3 is 2.72 bits per heavy atom. The van der Waals surface area contributed by atoms with Gasteiger partial charge < -0.3 is 14.4 Å². The van der Waals surface area contributed by atoms with E-state index in [2.05, 4.69) is 5.10 Å². The first-order valence-electron chi connectivity index (χ1n) is 10.3. The molecule has 0 saturated carbocycles. The van der Waals surface area contributed by atoms with Crippen LogP contribution in [0.15, 0.2) is 36.5 Å². The monoisotopic (exact) mass is 401 g/mol. The van der Waals surface area contributed by atoms with Crippen LogP contribution in [-0.2, 0) is 11.8 Å². The fraction of sp³-hybridized carbons (Fsp3) is 0.545. The first kappa shape index (κ1) is 19.9. The summed E-state index contributed by atoms with van der Waals surface area (Å²) in [6, 6.07) is 7.92. The van der Waals surface area contributed by atoms with Crippen LogP contribution < -0.4 is 4.74 Å². The molecule has 2 aromatic rings. The predicted molar refractivity (Wildman–Crippen MR) is 106 cm³/mol. The van der Waals surface area contributed by atoms with E-state index in [1.165, 1.54) is 12.1 Å². The Morgan fingerprint density at radius 2 is 2.03 bits per heavy atom. The van der Waals surface area contributed by atoms with Gasteiger partial charge in [0.1, 0.15) is 17.3 Å². The van der Waals surface area contributed by atoms with Crippen LogP contribution in [0.5, 0.6) is 5.75 Å². The van der Waals surface area contributed by atoms with Gasteiger partial charge in [-0.25, -0.2) is 4.39 Å². The molecule has 156 valence electrons. The highest BCUT2D eigenvalue weighted by Gasteiger charge is 2.41. The van der Waals surface area contributed by atoms with Gasteiger partial charge in [0.2, 0.25) is 0 Å². The largest absolute Gasteiger partial charge is 0.494 e. The second kappa shape index (κ2) is 8.53. The van der Waals surface area contributed by atoms with Gasteiger partial charge in [-0.3, -0.25) is 9.48 Å². The minimum absolute atomic E-state index is 0.0416. The Hall–Kier alpha value is -2.41. The van der Waals surface area contributed by atoms with Gasteiger partial charge in [0.15, 0.2) is 0 Å². The van der Waals surface area contributed by atoms with E-state index in [0.717, 1.165) is 38.7 Å². The molecule has 2 aliphatic heterocycles. The molecule has 1 amide bonds. The van der Waals surface area contributed by atoms with Gasteiger partial charge >= 0.3 is 0 Å². The van der Waals surface area contributed by atoms with Gasteiger partial charge in [-0.1, -0.05) is 0 Å². The fourth-order valence-corrected chi connectivity index (χ4v) is 4.46. The van der Waals surface area contributed by atoms with Crippen LogP contribution >= 0.6 is 0 Å². The molecule has 1 aromatic carbocycles. The number of hydrogen-bond donors (Lipinski definition) is 0. The predicted octanol–water partition coefficient (Wildman–Crippen LogP) is 3.43. The molecule has 3 heterocycles. The number of carbonyl (C=O) groups excluding carboxylic acids is 1. The zero-order valence-electron chi connectivity index (χ0n) is 16.8. The number of rotatable bonds is 5. The van der Waals surface area contributed by atoms with Gasteiger partial charge in [0.05, 0.1) is 12.2 Å². The van der Waals surface area contributed by atoms with Crippen LogP contribution in [0.4, 0.5) is 4.39 Å². The van der Waals surface area contributed by atoms with E-state index in [-0.39, 0.29) is 17.3 Å². The number of likely N-dealkylation sites (tertiary alicyclic amines) is 1. The third-order valence-electron chi connectivity index (χ3n) is 6.21. The van der Waals surface area contributed by atoms with Crippen LogP contribution in [0.1, 0.15) is 42.6 Å². The smallest absolute Gasteiger partial charge is 0.272 e. The van der Waals surface area contributed by atoms with Crippen molar-refractivity contribution in [3.8, 4) is 5.75 Å². The summed E-state index contributed by atoms with van der Waals surface area (Å²) in [4.78, 5) is 14.6. The molecular formula is C22H28FN3O3. The first-order valence-corrected chi connectivity index (χ1v) is 10.3. The molecular weight excluding hydrogens is 373 g/mol. The molecule has 2 saturated heterocycles. The van der Waals surface area contributed by atoms with Crippen molar-refractivity contribution in [2.24, 2.45) is 13.0 Å². The third kappa shape index (κ3) is 4.61. The third-order valence-corrected chi connectivity index (χ3v) is 6.21. The van der Waals surface area contributed by atoms with Gasteiger partial charge in [0.25, 0.3) is 5.91 Å². The van der Waals surface area contributed by atoms with Crippen molar-refractivity contribution in [1.29, 1.82) is 0 Å². The lowest BCUT2D eigenvalue weighted by Gasteiger charge is -2.46. The van der Waals surface area contributed by atoms with Gasteiger partial charge in [-0.15, -0.1) is 0 Å². The summed E-state index contributed by atoms with van der Waals surface area (Å²) in [6.45, 7) is 2.81. The van der Waals surface area contributed by atoms with E-state index in [9.17, 15) is 9.18 Å². The molecule has 0 N–H and O–H groups in total. The minimum atomic E-state index is -0.253. The standard InChI is InChI=1S/C22H28FN3O3/c1-25-20(6-11-24-25)21(27)26-12-9-22(10-13-26)16-17(8-15-29-22)7-14-28-19-4-2-18(23)3-5-19/h2-6,11,17H,7-10,12-16H2,1H3. The lowest BCUT2D eigenvalue weighted by molar-refractivity contribution is -0.125. The summed E-state index contributed by atoms with van der Waals surface area (Å²) < 4.78 is 26.6. The summed E-state index contributed by atoms with van der Waals surface area (Å²) >= 11 is 0. The van der Waals surface area contributed by atoms with E-state index in [4.69, 9.17) is 9.47 Å². The number of benzene rings is 1.